The second-order valence-electron chi connectivity index (χ2n) is 5.54. The number of nitrogens with zero attached hydrogens (tertiary/aromatic N) is 2. The number of nitro benzene ring substituents is 1. The lowest BCUT2D eigenvalue weighted by atomic mass is 10.1. The van der Waals surface area contributed by atoms with Gasteiger partial charge < -0.3 is 5.32 Å². The third-order valence-electron chi connectivity index (χ3n) is 3.99. The first-order valence-electron chi connectivity index (χ1n) is 7.26. The zero-order valence-electron chi connectivity index (χ0n) is 12.5. The predicted molar refractivity (Wildman–Crippen MR) is 81.5 cm³/mol. The van der Waals surface area contributed by atoms with Gasteiger partial charge in [-0.3, -0.25) is 19.8 Å². The van der Waals surface area contributed by atoms with Crippen LogP contribution in [0.3, 0.4) is 0 Å². The van der Waals surface area contributed by atoms with Crippen molar-refractivity contribution in [2.45, 2.75) is 33.1 Å². The molecule has 1 amide bonds. The number of carbonyl (C=O) groups is 1. The number of nitrogens with one attached hydrogen (secondary N) is 1. The van der Waals surface area contributed by atoms with Crippen LogP contribution in [0.15, 0.2) is 12.1 Å². The Kier molecular flexibility index (Phi) is 4.90. The van der Waals surface area contributed by atoms with Gasteiger partial charge in [0.2, 0.25) is 5.91 Å². The SMILES string of the molecule is Cc1ccc([N+](=O)[O-])c(NC(=O)CN2CCCCC2)c1C. The minimum atomic E-state index is -0.455. The first-order chi connectivity index (χ1) is 9.99. The van der Waals surface area contributed by atoms with Gasteiger partial charge in [0, 0.05) is 6.07 Å². The Bertz CT molecular complexity index is 551. The summed E-state index contributed by atoms with van der Waals surface area (Å²) in [4.78, 5) is 24.9. The molecule has 6 nitrogen and oxygen atoms in total. The van der Waals surface area contributed by atoms with Crippen molar-refractivity contribution in [1.29, 1.82) is 0 Å². The molecule has 0 radical (unpaired) electrons. The van der Waals surface area contributed by atoms with E-state index >= 15 is 0 Å². The first-order valence-corrected chi connectivity index (χ1v) is 7.26. The Labute approximate surface area is 124 Å². The number of nitro groups is 1. The molecular formula is C15H21N3O3. The van der Waals surface area contributed by atoms with Gasteiger partial charge in [0.05, 0.1) is 11.5 Å². The number of carbonyl (C=O) groups excluding carboxylic acids is 1. The summed E-state index contributed by atoms with van der Waals surface area (Å²) in [6.07, 6.45) is 3.42. The Morgan fingerprint density at radius 1 is 1.29 bits per heavy atom. The molecule has 1 aromatic carbocycles. The number of hydrogen-bond donors (Lipinski definition) is 1. The van der Waals surface area contributed by atoms with Crippen LogP contribution in [-0.2, 0) is 4.79 Å². The van der Waals surface area contributed by atoms with Crippen LogP contribution < -0.4 is 5.32 Å². The van der Waals surface area contributed by atoms with Gasteiger partial charge in [0.25, 0.3) is 5.69 Å². The molecule has 1 aliphatic heterocycles. The molecule has 1 N–H and O–H groups in total. The molecule has 0 atom stereocenters. The molecule has 1 fully saturated rings. The third-order valence-corrected chi connectivity index (χ3v) is 3.99. The molecule has 0 aliphatic carbocycles. The quantitative estimate of drug-likeness (QED) is 0.683. The van der Waals surface area contributed by atoms with E-state index in [1.165, 1.54) is 12.5 Å². The van der Waals surface area contributed by atoms with E-state index in [1.54, 1.807) is 13.0 Å². The van der Waals surface area contributed by atoms with Gasteiger partial charge in [0.15, 0.2) is 0 Å². The van der Waals surface area contributed by atoms with Crippen LogP contribution in [0.1, 0.15) is 30.4 Å². The standard InChI is InChI=1S/C15H21N3O3/c1-11-6-7-13(18(20)21)15(12(11)2)16-14(19)10-17-8-4-3-5-9-17/h6-7H,3-5,8-10H2,1-2H3,(H,16,19). The maximum absolute atomic E-state index is 12.1. The Balaban J connectivity index is 2.12. The predicted octanol–water partition coefficient (Wildman–Crippen LogP) is 2.64. The number of likely N-dealkylation sites (tertiary alicyclic amines) is 1. The molecule has 0 aromatic heterocycles. The average molecular weight is 291 g/mol. The first kappa shape index (κ1) is 15.4. The molecule has 0 spiro atoms. The van der Waals surface area contributed by atoms with E-state index < -0.39 is 4.92 Å². The maximum Gasteiger partial charge on any atom is 0.293 e. The van der Waals surface area contributed by atoms with Crippen molar-refractivity contribution in [3.8, 4) is 0 Å². The fourth-order valence-electron chi connectivity index (χ4n) is 2.61. The minimum absolute atomic E-state index is 0.0508. The molecule has 1 aliphatic rings. The van der Waals surface area contributed by atoms with E-state index in [1.807, 2.05) is 6.92 Å². The topological polar surface area (TPSA) is 75.5 Å². The third kappa shape index (κ3) is 3.78. The van der Waals surface area contributed by atoms with Crippen LogP contribution in [0.2, 0.25) is 0 Å². The molecule has 1 heterocycles. The van der Waals surface area contributed by atoms with Crippen molar-refractivity contribution >= 4 is 17.3 Å². The Morgan fingerprint density at radius 2 is 1.95 bits per heavy atom. The van der Waals surface area contributed by atoms with Crippen LogP contribution in [0, 0.1) is 24.0 Å². The second kappa shape index (κ2) is 6.67. The highest BCUT2D eigenvalue weighted by molar-refractivity contribution is 5.95. The summed E-state index contributed by atoms with van der Waals surface area (Å²) in [6.45, 7) is 5.80. The van der Waals surface area contributed by atoms with Crippen LogP contribution in [0.4, 0.5) is 11.4 Å². The van der Waals surface area contributed by atoms with Crippen molar-refractivity contribution in [3.63, 3.8) is 0 Å². The smallest absolute Gasteiger partial charge is 0.293 e. The summed E-state index contributed by atoms with van der Waals surface area (Å²) in [5, 5.41) is 13.8. The number of piperidine rings is 1. The molecule has 114 valence electrons. The highest BCUT2D eigenvalue weighted by Gasteiger charge is 2.21. The van der Waals surface area contributed by atoms with Crippen molar-refractivity contribution in [2.24, 2.45) is 0 Å². The fraction of sp³-hybridized carbons (Fsp3) is 0.533. The lowest BCUT2D eigenvalue weighted by molar-refractivity contribution is -0.384. The summed E-state index contributed by atoms with van der Waals surface area (Å²) in [7, 11) is 0. The van der Waals surface area contributed by atoms with Crippen LogP contribution in [0.5, 0.6) is 0 Å². The number of hydrogen-bond acceptors (Lipinski definition) is 4. The van der Waals surface area contributed by atoms with Crippen molar-refractivity contribution in [1.82, 2.24) is 4.90 Å². The van der Waals surface area contributed by atoms with E-state index in [4.69, 9.17) is 0 Å². The molecule has 21 heavy (non-hydrogen) atoms. The maximum atomic E-state index is 12.1. The number of anilines is 1. The normalized spacial score (nSPS) is 15.7. The van der Waals surface area contributed by atoms with E-state index in [0.29, 0.717) is 12.2 Å². The highest BCUT2D eigenvalue weighted by Crippen LogP contribution is 2.30. The molecule has 0 unspecified atom stereocenters. The van der Waals surface area contributed by atoms with Gasteiger partial charge in [-0.15, -0.1) is 0 Å². The largest absolute Gasteiger partial charge is 0.319 e. The molecule has 2 rings (SSSR count). The Hall–Kier alpha value is -1.95. The number of rotatable bonds is 4. The van der Waals surface area contributed by atoms with Gasteiger partial charge in [-0.1, -0.05) is 12.5 Å². The minimum Gasteiger partial charge on any atom is -0.319 e. The summed E-state index contributed by atoms with van der Waals surface area (Å²) >= 11 is 0. The fourth-order valence-corrected chi connectivity index (χ4v) is 2.61. The monoisotopic (exact) mass is 291 g/mol. The lowest BCUT2D eigenvalue weighted by Crippen LogP contribution is -2.37. The highest BCUT2D eigenvalue weighted by atomic mass is 16.6. The molecule has 0 saturated carbocycles. The second-order valence-corrected chi connectivity index (χ2v) is 5.54. The van der Waals surface area contributed by atoms with Gasteiger partial charge in [0.1, 0.15) is 5.69 Å². The zero-order valence-corrected chi connectivity index (χ0v) is 12.5. The number of amides is 1. The van der Waals surface area contributed by atoms with Crippen molar-refractivity contribution in [2.75, 3.05) is 25.0 Å². The van der Waals surface area contributed by atoms with Crippen molar-refractivity contribution in [3.05, 3.63) is 33.4 Å². The zero-order chi connectivity index (χ0) is 15.4. The summed E-state index contributed by atoms with van der Waals surface area (Å²) < 4.78 is 0. The van der Waals surface area contributed by atoms with E-state index in [9.17, 15) is 14.9 Å². The number of aryl methyl sites for hydroxylation is 1. The summed E-state index contributed by atoms with van der Waals surface area (Å²) in [5.74, 6) is -0.186. The van der Waals surface area contributed by atoms with Gasteiger partial charge in [-0.05, 0) is 50.9 Å². The molecule has 1 aromatic rings. The summed E-state index contributed by atoms with van der Waals surface area (Å²) in [5.41, 5.74) is 1.94. The van der Waals surface area contributed by atoms with E-state index in [0.717, 1.165) is 37.1 Å². The van der Waals surface area contributed by atoms with E-state index in [2.05, 4.69) is 10.2 Å². The van der Waals surface area contributed by atoms with Crippen LogP contribution in [-0.4, -0.2) is 35.4 Å². The number of benzene rings is 1. The summed E-state index contributed by atoms with van der Waals surface area (Å²) in [6, 6.07) is 3.15. The molecule has 6 heteroatoms. The lowest BCUT2D eigenvalue weighted by Gasteiger charge is -2.25. The molecular weight excluding hydrogens is 270 g/mol. The van der Waals surface area contributed by atoms with Gasteiger partial charge in [-0.2, -0.15) is 0 Å². The Morgan fingerprint density at radius 3 is 2.57 bits per heavy atom. The van der Waals surface area contributed by atoms with Gasteiger partial charge in [-0.25, -0.2) is 0 Å². The van der Waals surface area contributed by atoms with Crippen molar-refractivity contribution < 1.29 is 9.72 Å². The van der Waals surface area contributed by atoms with Crippen LogP contribution in [0.25, 0.3) is 0 Å². The van der Waals surface area contributed by atoms with E-state index in [-0.39, 0.29) is 11.6 Å². The molecule has 1 saturated heterocycles. The van der Waals surface area contributed by atoms with Crippen LogP contribution >= 0.6 is 0 Å². The van der Waals surface area contributed by atoms with Gasteiger partial charge >= 0.3 is 0 Å². The average Bonchev–Trinajstić information content (AvgIpc) is 2.44. The molecule has 0 bridgehead atoms.